The molecule has 0 bridgehead atoms. The number of nitrogens with one attached hydrogen (secondary N) is 1. The number of amides is 1. The number of aromatic nitrogens is 2. The number of carbonyl (C=O) groups excluding carboxylic acids is 1. The van der Waals surface area contributed by atoms with E-state index < -0.39 is 0 Å². The van der Waals surface area contributed by atoms with Crippen LogP contribution in [0.2, 0.25) is 0 Å². The molecule has 0 atom stereocenters. The SMILES string of the molecule is Cc1cccc(C)c1NC(=O)CON=C(N)c1nonc1N. The highest BCUT2D eigenvalue weighted by atomic mass is 16.6. The highest BCUT2D eigenvalue weighted by molar-refractivity contribution is 5.99. The molecule has 9 heteroatoms. The lowest BCUT2D eigenvalue weighted by atomic mass is 10.1. The van der Waals surface area contributed by atoms with Crippen LogP contribution in [0.25, 0.3) is 0 Å². The van der Waals surface area contributed by atoms with Gasteiger partial charge in [0.2, 0.25) is 0 Å². The number of para-hydroxylation sites is 1. The van der Waals surface area contributed by atoms with Gasteiger partial charge in [0.15, 0.2) is 24.0 Å². The zero-order valence-electron chi connectivity index (χ0n) is 12.2. The molecule has 22 heavy (non-hydrogen) atoms. The Kier molecular flexibility index (Phi) is 4.57. The Bertz CT molecular complexity index is 689. The van der Waals surface area contributed by atoms with Crippen molar-refractivity contribution < 1.29 is 14.3 Å². The molecular weight excluding hydrogens is 288 g/mol. The lowest BCUT2D eigenvalue weighted by Gasteiger charge is -2.10. The number of benzene rings is 1. The molecule has 1 aromatic carbocycles. The maximum absolute atomic E-state index is 11.8. The van der Waals surface area contributed by atoms with Gasteiger partial charge < -0.3 is 21.6 Å². The fraction of sp³-hybridized carbons (Fsp3) is 0.231. The third kappa shape index (κ3) is 3.51. The van der Waals surface area contributed by atoms with Crippen LogP contribution in [0.5, 0.6) is 0 Å². The molecule has 0 aliphatic carbocycles. The van der Waals surface area contributed by atoms with Gasteiger partial charge in [0.1, 0.15) is 0 Å². The van der Waals surface area contributed by atoms with E-state index in [4.69, 9.17) is 16.3 Å². The zero-order valence-corrected chi connectivity index (χ0v) is 12.2. The summed E-state index contributed by atoms with van der Waals surface area (Å²) in [6.07, 6.45) is 0. The van der Waals surface area contributed by atoms with E-state index in [9.17, 15) is 4.79 Å². The fourth-order valence-electron chi connectivity index (χ4n) is 1.76. The van der Waals surface area contributed by atoms with Crippen molar-refractivity contribution in [1.82, 2.24) is 10.3 Å². The van der Waals surface area contributed by atoms with E-state index in [1.807, 2.05) is 32.0 Å². The van der Waals surface area contributed by atoms with Gasteiger partial charge in [-0.1, -0.05) is 23.4 Å². The first-order valence-electron chi connectivity index (χ1n) is 6.39. The molecule has 0 radical (unpaired) electrons. The predicted octanol–water partition coefficient (Wildman–Crippen LogP) is 0.544. The first-order chi connectivity index (χ1) is 10.5. The molecule has 1 amide bonds. The average Bonchev–Trinajstić information content (AvgIpc) is 2.89. The highest BCUT2D eigenvalue weighted by Gasteiger charge is 2.12. The summed E-state index contributed by atoms with van der Waals surface area (Å²) >= 11 is 0. The van der Waals surface area contributed by atoms with E-state index in [0.717, 1.165) is 16.8 Å². The van der Waals surface area contributed by atoms with Crippen LogP contribution >= 0.6 is 0 Å². The van der Waals surface area contributed by atoms with Crippen molar-refractivity contribution in [2.75, 3.05) is 17.7 Å². The molecule has 2 aromatic rings. The van der Waals surface area contributed by atoms with Crippen LogP contribution in [0.3, 0.4) is 0 Å². The summed E-state index contributed by atoms with van der Waals surface area (Å²) < 4.78 is 4.38. The number of carbonyl (C=O) groups is 1. The number of nitrogens with zero attached hydrogens (tertiary/aromatic N) is 3. The van der Waals surface area contributed by atoms with Crippen molar-refractivity contribution >= 4 is 23.2 Å². The van der Waals surface area contributed by atoms with Gasteiger partial charge in [-0.05, 0) is 35.3 Å². The summed E-state index contributed by atoms with van der Waals surface area (Å²) in [4.78, 5) is 16.7. The number of rotatable bonds is 5. The molecule has 0 spiro atoms. The summed E-state index contributed by atoms with van der Waals surface area (Å²) in [6, 6.07) is 5.72. The number of aryl methyl sites for hydroxylation is 2. The molecule has 0 aliphatic rings. The van der Waals surface area contributed by atoms with Crippen LogP contribution < -0.4 is 16.8 Å². The Morgan fingerprint density at radius 1 is 1.36 bits per heavy atom. The van der Waals surface area contributed by atoms with E-state index >= 15 is 0 Å². The van der Waals surface area contributed by atoms with E-state index in [-0.39, 0.29) is 29.9 Å². The van der Waals surface area contributed by atoms with Crippen molar-refractivity contribution in [2.24, 2.45) is 10.9 Å². The number of amidine groups is 1. The summed E-state index contributed by atoms with van der Waals surface area (Å²) in [5, 5.41) is 13.1. The average molecular weight is 304 g/mol. The minimum atomic E-state index is -0.361. The molecule has 0 unspecified atom stereocenters. The van der Waals surface area contributed by atoms with Crippen LogP contribution in [0.15, 0.2) is 28.0 Å². The Balaban J connectivity index is 1.92. The smallest absolute Gasteiger partial charge is 0.265 e. The molecule has 1 aromatic heterocycles. The van der Waals surface area contributed by atoms with Crippen LogP contribution in [0.4, 0.5) is 11.5 Å². The standard InChI is InChI=1S/C13H16N6O3/c1-7-4-3-5-8(2)10(7)16-9(20)6-21-18-12(14)11-13(15)19-22-17-11/h3-5H,6H2,1-2H3,(H2,14,18)(H2,15,19)(H,16,20). The Hall–Kier alpha value is -3.10. The molecule has 0 fully saturated rings. The number of hydrogen-bond donors (Lipinski definition) is 3. The number of nitrogens with two attached hydrogens (primary N) is 2. The Morgan fingerprint density at radius 3 is 2.64 bits per heavy atom. The molecule has 2 rings (SSSR count). The first-order valence-corrected chi connectivity index (χ1v) is 6.39. The quantitative estimate of drug-likeness (QED) is 0.416. The monoisotopic (exact) mass is 304 g/mol. The van der Waals surface area contributed by atoms with Gasteiger partial charge in [0, 0.05) is 5.69 Å². The zero-order chi connectivity index (χ0) is 16.1. The number of hydrogen-bond acceptors (Lipinski definition) is 7. The van der Waals surface area contributed by atoms with Crippen LogP contribution in [0.1, 0.15) is 16.8 Å². The molecule has 0 aliphatic heterocycles. The molecular formula is C13H16N6O3. The second-order valence-electron chi connectivity index (χ2n) is 4.56. The van der Waals surface area contributed by atoms with Gasteiger partial charge in [-0.25, -0.2) is 4.63 Å². The van der Waals surface area contributed by atoms with Gasteiger partial charge in [-0.2, -0.15) is 0 Å². The number of nitrogen functional groups attached to an aromatic ring is 1. The molecule has 9 nitrogen and oxygen atoms in total. The third-order valence-corrected chi connectivity index (χ3v) is 2.86. The fourth-order valence-corrected chi connectivity index (χ4v) is 1.76. The van der Waals surface area contributed by atoms with Gasteiger partial charge >= 0.3 is 0 Å². The highest BCUT2D eigenvalue weighted by Crippen LogP contribution is 2.19. The molecule has 5 N–H and O–H groups in total. The number of anilines is 2. The minimum absolute atomic E-state index is 0.00941. The summed E-state index contributed by atoms with van der Waals surface area (Å²) in [6.45, 7) is 3.50. The van der Waals surface area contributed by atoms with Gasteiger partial charge in [0.25, 0.3) is 5.91 Å². The van der Waals surface area contributed by atoms with Crippen molar-refractivity contribution in [2.45, 2.75) is 13.8 Å². The molecule has 0 saturated carbocycles. The summed E-state index contributed by atoms with van der Waals surface area (Å²) in [7, 11) is 0. The third-order valence-electron chi connectivity index (χ3n) is 2.86. The maximum Gasteiger partial charge on any atom is 0.265 e. The van der Waals surface area contributed by atoms with E-state index in [1.165, 1.54) is 0 Å². The second kappa shape index (κ2) is 6.57. The van der Waals surface area contributed by atoms with Crippen LogP contribution in [0, 0.1) is 13.8 Å². The van der Waals surface area contributed by atoms with Gasteiger partial charge in [-0.3, -0.25) is 4.79 Å². The minimum Gasteiger partial charge on any atom is -0.384 e. The second-order valence-corrected chi connectivity index (χ2v) is 4.56. The topological polar surface area (TPSA) is 142 Å². The first kappa shape index (κ1) is 15.3. The molecule has 116 valence electrons. The lowest BCUT2D eigenvalue weighted by Crippen LogP contribution is -2.21. The largest absolute Gasteiger partial charge is 0.384 e. The lowest BCUT2D eigenvalue weighted by molar-refractivity contribution is -0.120. The molecule has 1 heterocycles. The van der Waals surface area contributed by atoms with E-state index in [1.54, 1.807) is 0 Å². The van der Waals surface area contributed by atoms with Crippen molar-refractivity contribution in [3.05, 3.63) is 35.0 Å². The van der Waals surface area contributed by atoms with Crippen LogP contribution in [-0.2, 0) is 9.63 Å². The van der Waals surface area contributed by atoms with Gasteiger partial charge in [0.05, 0.1) is 0 Å². The van der Waals surface area contributed by atoms with Crippen molar-refractivity contribution in [1.29, 1.82) is 0 Å². The number of oxime groups is 1. The normalized spacial score (nSPS) is 11.3. The summed E-state index contributed by atoms with van der Waals surface area (Å²) in [5.74, 6) is -0.497. The van der Waals surface area contributed by atoms with E-state index in [0.29, 0.717) is 0 Å². The Morgan fingerprint density at radius 2 is 2.05 bits per heavy atom. The van der Waals surface area contributed by atoms with Crippen LogP contribution in [-0.4, -0.2) is 28.7 Å². The predicted molar refractivity (Wildman–Crippen MR) is 79.9 cm³/mol. The Labute approximate surface area is 126 Å². The van der Waals surface area contributed by atoms with Gasteiger partial charge in [-0.15, -0.1) is 0 Å². The maximum atomic E-state index is 11.8. The van der Waals surface area contributed by atoms with E-state index in [2.05, 4.69) is 25.4 Å². The van der Waals surface area contributed by atoms with Crippen molar-refractivity contribution in [3.8, 4) is 0 Å². The summed E-state index contributed by atoms with van der Waals surface area (Å²) in [5.41, 5.74) is 13.7. The molecule has 0 saturated heterocycles. The van der Waals surface area contributed by atoms with Crippen molar-refractivity contribution in [3.63, 3.8) is 0 Å².